The van der Waals surface area contributed by atoms with E-state index >= 15 is 0 Å². The van der Waals surface area contributed by atoms with Crippen LogP contribution in [0.3, 0.4) is 0 Å². The largest absolute Gasteiger partial charge is 0.467 e. The fraction of sp³-hybridized carbons (Fsp3) is 0.316. The molecule has 0 fully saturated rings. The molecule has 2 heterocycles. The van der Waals surface area contributed by atoms with Gasteiger partial charge in [0.25, 0.3) is 0 Å². The van der Waals surface area contributed by atoms with Gasteiger partial charge in [-0.25, -0.2) is 0 Å². The standard InChI is InChI=1S/C19H22N4O2S/c1-4-23-18(15-9-6-5-8-13(15)2)21-22-19(23)26-12-17(24)20-14(3)16-10-7-11-25-16/h5-11,14H,4,12H2,1-3H3,(H,20,24)/t14-/m0/s1. The van der Waals surface area contributed by atoms with Crippen LogP contribution in [-0.4, -0.2) is 26.4 Å². The lowest BCUT2D eigenvalue weighted by Gasteiger charge is -2.12. The van der Waals surface area contributed by atoms with Crippen LogP contribution in [0.4, 0.5) is 0 Å². The van der Waals surface area contributed by atoms with E-state index in [-0.39, 0.29) is 17.7 Å². The van der Waals surface area contributed by atoms with Gasteiger partial charge in [-0.1, -0.05) is 36.0 Å². The van der Waals surface area contributed by atoms with Crippen LogP contribution in [0.15, 0.2) is 52.2 Å². The Morgan fingerprint density at radius 3 is 2.77 bits per heavy atom. The number of amides is 1. The zero-order valence-electron chi connectivity index (χ0n) is 15.1. The monoisotopic (exact) mass is 370 g/mol. The number of hydrogen-bond donors (Lipinski definition) is 1. The van der Waals surface area contributed by atoms with Crippen molar-refractivity contribution < 1.29 is 9.21 Å². The molecule has 0 aliphatic carbocycles. The first-order valence-electron chi connectivity index (χ1n) is 8.55. The summed E-state index contributed by atoms with van der Waals surface area (Å²) in [4.78, 5) is 12.2. The number of furan rings is 1. The molecule has 6 nitrogen and oxygen atoms in total. The van der Waals surface area contributed by atoms with Crippen LogP contribution in [0, 0.1) is 6.92 Å². The summed E-state index contributed by atoms with van der Waals surface area (Å²) in [6.45, 7) is 6.74. The van der Waals surface area contributed by atoms with Gasteiger partial charge in [0.1, 0.15) is 5.76 Å². The van der Waals surface area contributed by atoms with E-state index in [2.05, 4.69) is 28.5 Å². The van der Waals surface area contributed by atoms with E-state index in [0.717, 1.165) is 34.4 Å². The first-order valence-corrected chi connectivity index (χ1v) is 9.53. The van der Waals surface area contributed by atoms with Gasteiger partial charge in [0.05, 0.1) is 18.1 Å². The van der Waals surface area contributed by atoms with Crippen molar-refractivity contribution in [1.82, 2.24) is 20.1 Å². The molecule has 0 aliphatic rings. The molecular formula is C19H22N4O2S. The number of rotatable bonds is 7. The Kier molecular flexibility index (Phi) is 5.78. The number of benzene rings is 1. The van der Waals surface area contributed by atoms with Crippen molar-refractivity contribution in [2.45, 2.75) is 38.5 Å². The minimum atomic E-state index is -0.162. The highest BCUT2D eigenvalue weighted by Gasteiger charge is 2.17. The number of aryl methyl sites for hydroxylation is 1. The minimum Gasteiger partial charge on any atom is -0.467 e. The molecule has 7 heteroatoms. The quantitative estimate of drug-likeness (QED) is 0.640. The van der Waals surface area contributed by atoms with E-state index < -0.39 is 0 Å². The molecule has 1 atom stereocenters. The summed E-state index contributed by atoms with van der Waals surface area (Å²) >= 11 is 1.39. The van der Waals surface area contributed by atoms with Gasteiger partial charge in [0.2, 0.25) is 5.91 Å². The Morgan fingerprint density at radius 1 is 1.27 bits per heavy atom. The summed E-state index contributed by atoms with van der Waals surface area (Å²) in [7, 11) is 0. The first-order chi connectivity index (χ1) is 12.6. The maximum absolute atomic E-state index is 12.2. The molecule has 1 amide bonds. The van der Waals surface area contributed by atoms with Crippen LogP contribution in [0.25, 0.3) is 11.4 Å². The normalized spacial score (nSPS) is 12.1. The average Bonchev–Trinajstić information content (AvgIpc) is 3.30. The van der Waals surface area contributed by atoms with Gasteiger partial charge in [0.15, 0.2) is 11.0 Å². The molecule has 136 valence electrons. The predicted octanol–water partition coefficient (Wildman–Crippen LogP) is 3.84. The summed E-state index contributed by atoms with van der Waals surface area (Å²) in [5.74, 6) is 1.78. The zero-order chi connectivity index (χ0) is 18.5. The number of aromatic nitrogens is 3. The number of hydrogen-bond acceptors (Lipinski definition) is 5. The average molecular weight is 370 g/mol. The van der Waals surface area contributed by atoms with Crippen LogP contribution in [0.1, 0.15) is 31.2 Å². The van der Waals surface area contributed by atoms with Crippen LogP contribution >= 0.6 is 11.8 Å². The van der Waals surface area contributed by atoms with Gasteiger partial charge in [-0.2, -0.15) is 0 Å². The summed E-state index contributed by atoms with van der Waals surface area (Å²) in [5, 5.41) is 12.3. The minimum absolute atomic E-state index is 0.0676. The van der Waals surface area contributed by atoms with Crippen molar-refractivity contribution in [3.63, 3.8) is 0 Å². The second-order valence-corrected chi connectivity index (χ2v) is 6.90. The number of nitrogens with zero attached hydrogens (tertiary/aromatic N) is 3. The summed E-state index contributed by atoms with van der Waals surface area (Å²) in [6, 6.07) is 11.6. The fourth-order valence-electron chi connectivity index (χ4n) is 2.73. The topological polar surface area (TPSA) is 73.0 Å². The summed E-state index contributed by atoms with van der Waals surface area (Å²) in [6.07, 6.45) is 1.60. The second kappa shape index (κ2) is 8.23. The van der Waals surface area contributed by atoms with Gasteiger partial charge in [-0.15, -0.1) is 10.2 Å². The highest BCUT2D eigenvalue weighted by molar-refractivity contribution is 7.99. The van der Waals surface area contributed by atoms with E-state index in [9.17, 15) is 4.79 Å². The molecule has 2 aromatic heterocycles. The lowest BCUT2D eigenvalue weighted by atomic mass is 10.1. The first kappa shape index (κ1) is 18.3. The van der Waals surface area contributed by atoms with Crippen LogP contribution < -0.4 is 5.32 Å². The van der Waals surface area contributed by atoms with Crippen molar-refractivity contribution in [3.8, 4) is 11.4 Å². The molecule has 3 rings (SSSR count). The number of carbonyl (C=O) groups is 1. The van der Waals surface area contributed by atoms with Gasteiger partial charge < -0.3 is 14.3 Å². The van der Waals surface area contributed by atoms with E-state index in [0.29, 0.717) is 0 Å². The van der Waals surface area contributed by atoms with Crippen molar-refractivity contribution >= 4 is 17.7 Å². The Hall–Kier alpha value is -2.54. The van der Waals surface area contributed by atoms with Gasteiger partial charge >= 0.3 is 0 Å². The van der Waals surface area contributed by atoms with Gasteiger partial charge in [-0.05, 0) is 38.5 Å². The van der Waals surface area contributed by atoms with E-state index in [1.165, 1.54) is 11.8 Å². The van der Waals surface area contributed by atoms with Crippen molar-refractivity contribution in [3.05, 3.63) is 54.0 Å². The summed E-state index contributed by atoms with van der Waals surface area (Å²) < 4.78 is 7.35. The third-order valence-electron chi connectivity index (χ3n) is 4.10. The zero-order valence-corrected chi connectivity index (χ0v) is 15.9. The molecule has 1 N–H and O–H groups in total. The molecule has 0 spiro atoms. The van der Waals surface area contributed by atoms with E-state index in [4.69, 9.17) is 4.42 Å². The molecule has 0 saturated carbocycles. The third kappa shape index (κ3) is 3.99. The van der Waals surface area contributed by atoms with Crippen molar-refractivity contribution in [2.75, 3.05) is 5.75 Å². The number of nitrogens with one attached hydrogen (secondary N) is 1. The molecule has 0 radical (unpaired) electrons. The summed E-state index contributed by atoms with van der Waals surface area (Å²) in [5.41, 5.74) is 2.21. The molecule has 0 bridgehead atoms. The molecule has 0 unspecified atom stereocenters. The Morgan fingerprint density at radius 2 is 2.08 bits per heavy atom. The SMILES string of the molecule is CCn1c(SCC(=O)N[C@@H](C)c2ccco2)nnc1-c1ccccc1C. The lowest BCUT2D eigenvalue weighted by Crippen LogP contribution is -2.28. The van der Waals surface area contributed by atoms with Crippen molar-refractivity contribution in [2.24, 2.45) is 0 Å². The Bertz CT molecular complexity index is 874. The van der Waals surface area contributed by atoms with Crippen LogP contribution in [-0.2, 0) is 11.3 Å². The number of thioether (sulfide) groups is 1. The molecule has 1 aromatic carbocycles. The maximum Gasteiger partial charge on any atom is 0.231 e. The third-order valence-corrected chi connectivity index (χ3v) is 5.07. The highest BCUT2D eigenvalue weighted by Crippen LogP contribution is 2.26. The highest BCUT2D eigenvalue weighted by atomic mass is 32.2. The van der Waals surface area contributed by atoms with Crippen LogP contribution in [0.5, 0.6) is 0 Å². The lowest BCUT2D eigenvalue weighted by molar-refractivity contribution is -0.119. The Labute approximate surface area is 157 Å². The molecule has 26 heavy (non-hydrogen) atoms. The van der Waals surface area contributed by atoms with E-state index in [1.807, 2.05) is 48.7 Å². The maximum atomic E-state index is 12.2. The molecular weight excluding hydrogens is 348 g/mol. The Balaban J connectivity index is 1.67. The molecule has 0 saturated heterocycles. The van der Waals surface area contributed by atoms with E-state index in [1.54, 1.807) is 6.26 Å². The molecule has 3 aromatic rings. The smallest absolute Gasteiger partial charge is 0.231 e. The number of carbonyl (C=O) groups excluding carboxylic acids is 1. The molecule has 0 aliphatic heterocycles. The van der Waals surface area contributed by atoms with Gasteiger partial charge in [0, 0.05) is 12.1 Å². The van der Waals surface area contributed by atoms with Crippen LogP contribution in [0.2, 0.25) is 0 Å². The fourth-order valence-corrected chi connectivity index (χ4v) is 3.54. The predicted molar refractivity (Wildman–Crippen MR) is 102 cm³/mol. The van der Waals surface area contributed by atoms with Gasteiger partial charge in [-0.3, -0.25) is 4.79 Å². The van der Waals surface area contributed by atoms with Crippen molar-refractivity contribution in [1.29, 1.82) is 0 Å². The second-order valence-electron chi connectivity index (χ2n) is 5.96.